The Hall–Kier alpha value is -3.43. The van der Waals surface area contributed by atoms with Crippen LogP contribution in [0.5, 0.6) is 5.75 Å². The Balaban J connectivity index is 1.15. The minimum atomic E-state index is -0.152. The SMILES string of the molecule is CC1c2nnc(C3CCCC3)n2CCN1C(=O)NCc1n[nH]c(COc2ccccc2)n1. The molecule has 1 atom stereocenters. The number of nitrogens with zero attached hydrogens (tertiary/aromatic N) is 6. The number of ether oxygens (including phenoxy) is 1. The number of carbonyl (C=O) groups excluding carboxylic acids is 1. The first kappa shape index (κ1) is 20.5. The Bertz CT molecular complexity index is 1060. The number of benzene rings is 1. The predicted molar refractivity (Wildman–Crippen MR) is 116 cm³/mol. The van der Waals surface area contributed by atoms with Gasteiger partial charge in [0.25, 0.3) is 0 Å². The van der Waals surface area contributed by atoms with E-state index in [9.17, 15) is 4.79 Å². The highest BCUT2D eigenvalue weighted by atomic mass is 16.5. The van der Waals surface area contributed by atoms with E-state index in [0.717, 1.165) is 23.9 Å². The molecule has 10 nitrogen and oxygen atoms in total. The largest absolute Gasteiger partial charge is 0.486 e. The summed E-state index contributed by atoms with van der Waals surface area (Å²) in [7, 11) is 0. The molecule has 1 saturated carbocycles. The summed E-state index contributed by atoms with van der Waals surface area (Å²) < 4.78 is 7.89. The molecule has 32 heavy (non-hydrogen) atoms. The molecule has 0 radical (unpaired) electrons. The van der Waals surface area contributed by atoms with Crippen LogP contribution in [0.2, 0.25) is 0 Å². The van der Waals surface area contributed by atoms with Crippen LogP contribution in [-0.4, -0.2) is 47.4 Å². The smallest absolute Gasteiger partial charge is 0.318 e. The van der Waals surface area contributed by atoms with E-state index in [-0.39, 0.29) is 25.2 Å². The van der Waals surface area contributed by atoms with Gasteiger partial charge in [0, 0.05) is 19.0 Å². The van der Waals surface area contributed by atoms with Gasteiger partial charge < -0.3 is 19.5 Å². The van der Waals surface area contributed by atoms with Gasteiger partial charge in [0.2, 0.25) is 0 Å². The number of urea groups is 1. The Kier molecular flexibility index (Phi) is 5.74. The molecule has 1 unspecified atom stereocenters. The molecule has 5 rings (SSSR count). The van der Waals surface area contributed by atoms with Gasteiger partial charge in [0.1, 0.15) is 18.2 Å². The van der Waals surface area contributed by atoms with Crippen molar-refractivity contribution in [1.29, 1.82) is 0 Å². The Morgan fingerprint density at radius 3 is 2.75 bits per heavy atom. The molecule has 2 N–H and O–H groups in total. The minimum absolute atomic E-state index is 0.131. The number of fused-ring (bicyclic) bond motifs is 1. The molecule has 10 heteroatoms. The third kappa shape index (κ3) is 4.17. The zero-order valence-electron chi connectivity index (χ0n) is 18.2. The number of rotatable bonds is 6. The first-order chi connectivity index (χ1) is 15.7. The fraction of sp³-hybridized carbons (Fsp3) is 0.500. The van der Waals surface area contributed by atoms with Crippen molar-refractivity contribution in [1.82, 2.24) is 40.2 Å². The van der Waals surface area contributed by atoms with E-state index < -0.39 is 0 Å². The lowest BCUT2D eigenvalue weighted by Crippen LogP contribution is -2.46. The average molecular weight is 437 g/mol. The van der Waals surface area contributed by atoms with Gasteiger partial charge in [-0.3, -0.25) is 5.10 Å². The van der Waals surface area contributed by atoms with Crippen molar-refractivity contribution in [3.05, 3.63) is 53.6 Å². The standard InChI is InChI=1S/C22H28N8O2/c1-15-20-27-28-21(16-7-5-6-8-16)30(20)12-11-29(15)22(31)23-13-18-24-19(26-25-18)14-32-17-9-3-2-4-10-17/h2-4,9-10,15-16H,5-8,11-14H2,1H3,(H,23,31)(H,24,25,26). The normalized spacial score (nSPS) is 18.5. The number of hydrogen-bond acceptors (Lipinski definition) is 6. The summed E-state index contributed by atoms with van der Waals surface area (Å²) >= 11 is 0. The molecule has 0 bridgehead atoms. The third-order valence-corrected chi connectivity index (χ3v) is 6.29. The second kappa shape index (κ2) is 8.97. The highest BCUT2D eigenvalue weighted by molar-refractivity contribution is 5.74. The number of aromatic nitrogens is 6. The number of para-hydroxylation sites is 1. The summed E-state index contributed by atoms with van der Waals surface area (Å²) in [6, 6.07) is 9.24. The van der Waals surface area contributed by atoms with Gasteiger partial charge in [-0.1, -0.05) is 31.0 Å². The lowest BCUT2D eigenvalue weighted by atomic mass is 10.1. The first-order valence-electron chi connectivity index (χ1n) is 11.2. The zero-order valence-corrected chi connectivity index (χ0v) is 18.2. The summed E-state index contributed by atoms with van der Waals surface area (Å²) in [5.74, 6) is 4.36. The molecule has 0 spiro atoms. The maximum atomic E-state index is 12.8. The van der Waals surface area contributed by atoms with Gasteiger partial charge in [0.05, 0.1) is 12.6 Å². The second-order valence-electron chi connectivity index (χ2n) is 8.38. The molecule has 1 aliphatic heterocycles. The maximum Gasteiger partial charge on any atom is 0.318 e. The van der Waals surface area contributed by atoms with Crippen LogP contribution in [-0.2, 0) is 19.7 Å². The van der Waals surface area contributed by atoms with Crippen molar-refractivity contribution in [3.8, 4) is 5.75 Å². The first-order valence-corrected chi connectivity index (χ1v) is 11.2. The molecule has 0 saturated heterocycles. The number of carbonyl (C=O) groups is 1. The number of nitrogens with one attached hydrogen (secondary N) is 2. The molecular formula is C22H28N8O2. The number of H-pyrrole nitrogens is 1. The van der Waals surface area contributed by atoms with Crippen LogP contribution in [0, 0.1) is 0 Å². The quantitative estimate of drug-likeness (QED) is 0.614. The predicted octanol–water partition coefficient (Wildman–Crippen LogP) is 2.92. The van der Waals surface area contributed by atoms with Crippen molar-refractivity contribution in [3.63, 3.8) is 0 Å². The van der Waals surface area contributed by atoms with Crippen molar-refractivity contribution < 1.29 is 9.53 Å². The van der Waals surface area contributed by atoms with Crippen molar-refractivity contribution in [2.45, 2.75) is 64.3 Å². The number of aromatic amines is 1. The van der Waals surface area contributed by atoms with E-state index >= 15 is 0 Å². The van der Waals surface area contributed by atoms with Gasteiger partial charge in [-0.25, -0.2) is 9.78 Å². The van der Waals surface area contributed by atoms with Crippen LogP contribution in [0.25, 0.3) is 0 Å². The summed E-state index contributed by atoms with van der Waals surface area (Å²) in [5.41, 5.74) is 0. The maximum absolute atomic E-state index is 12.8. The fourth-order valence-corrected chi connectivity index (χ4v) is 4.57. The highest BCUT2D eigenvalue weighted by Gasteiger charge is 2.33. The number of amides is 2. The Morgan fingerprint density at radius 1 is 1.16 bits per heavy atom. The van der Waals surface area contributed by atoms with E-state index in [2.05, 4.69) is 35.3 Å². The van der Waals surface area contributed by atoms with Crippen LogP contribution in [0.4, 0.5) is 4.79 Å². The molecule has 2 amide bonds. The molecule has 1 fully saturated rings. The summed E-state index contributed by atoms with van der Waals surface area (Å²) in [4.78, 5) is 19.0. The van der Waals surface area contributed by atoms with Crippen LogP contribution in [0.1, 0.15) is 67.9 Å². The molecule has 2 aliphatic rings. The monoisotopic (exact) mass is 436 g/mol. The third-order valence-electron chi connectivity index (χ3n) is 6.29. The minimum Gasteiger partial charge on any atom is -0.486 e. The lowest BCUT2D eigenvalue weighted by Gasteiger charge is -2.34. The van der Waals surface area contributed by atoms with E-state index in [4.69, 9.17) is 4.74 Å². The van der Waals surface area contributed by atoms with Crippen LogP contribution >= 0.6 is 0 Å². The molecule has 2 aromatic heterocycles. The van der Waals surface area contributed by atoms with Gasteiger partial charge in [-0.15, -0.1) is 10.2 Å². The molecule has 168 valence electrons. The zero-order chi connectivity index (χ0) is 21.9. The topological polar surface area (TPSA) is 114 Å². The van der Waals surface area contributed by atoms with E-state index in [1.165, 1.54) is 25.7 Å². The molecule has 3 aromatic rings. The van der Waals surface area contributed by atoms with E-state index in [0.29, 0.717) is 24.1 Å². The molecular weight excluding hydrogens is 408 g/mol. The van der Waals surface area contributed by atoms with Crippen molar-refractivity contribution in [2.75, 3.05) is 6.54 Å². The van der Waals surface area contributed by atoms with Gasteiger partial charge in [-0.05, 0) is 31.9 Å². The molecule has 3 heterocycles. The average Bonchev–Trinajstić information content (AvgIpc) is 3.58. The van der Waals surface area contributed by atoms with E-state index in [1.807, 2.05) is 37.3 Å². The summed E-state index contributed by atoms with van der Waals surface area (Å²) in [6.45, 7) is 3.88. The van der Waals surface area contributed by atoms with E-state index in [1.54, 1.807) is 4.90 Å². The second-order valence-corrected chi connectivity index (χ2v) is 8.38. The highest BCUT2D eigenvalue weighted by Crippen LogP contribution is 2.35. The van der Waals surface area contributed by atoms with Gasteiger partial charge in [0.15, 0.2) is 17.5 Å². The van der Waals surface area contributed by atoms with Crippen molar-refractivity contribution in [2.24, 2.45) is 0 Å². The molecule has 1 aliphatic carbocycles. The Morgan fingerprint density at radius 2 is 1.94 bits per heavy atom. The van der Waals surface area contributed by atoms with Crippen molar-refractivity contribution >= 4 is 6.03 Å². The van der Waals surface area contributed by atoms with Gasteiger partial charge >= 0.3 is 6.03 Å². The summed E-state index contributed by atoms with van der Waals surface area (Å²) in [6.07, 6.45) is 4.90. The fourth-order valence-electron chi connectivity index (χ4n) is 4.57. The van der Waals surface area contributed by atoms with Gasteiger partial charge in [-0.2, -0.15) is 5.10 Å². The lowest BCUT2D eigenvalue weighted by molar-refractivity contribution is 0.158. The Labute approximate surface area is 186 Å². The van der Waals surface area contributed by atoms with Crippen LogP contribution in [0.3, 0.4) is 0 Å². The van der Waals surface area contributed by atoms with Crippen LogP contribution < -0.4 is 10.1 Å². The number of hydrogen-bond donors (Lipinski definition) is 2. The van der Waals surface area contributed by atoms with Crippen LogP contribution in [0.15, 0.2) is 30.3 Å². The molecule has 1 aromatic carbocycles. The summed E-state index contributed by atoms with van der Waals surface area (Å²) in [5, 5.41) is 18.9.